The summed E-state index contributed by atoms with van der Waals surface area (Å²) in [7, 11) is 0. The van der Waals surface area contributed by atoms with E-state index in [1.807, 2.05) is 56.3 Å². The van der Waals surface area contributed by atoms with Crippen LogP contribution in [0.15, 0.2) is 65.3 Å². The first kappa shape index (κ1) is 23.1. The Kier molecular flexibility index (Phi) is 7.65. The van der Waals surface area contributed by atoms with Gasteiger partial charge >= 0.3 is 0 Å². The summed E-state index contributed by atoms with van der Waals surface area (Å²) in [6.45, 7) is 5.54. The van der Waals surface area contributed by atoms with Crippen LogP contribution in [-0.4, -0.2) is 29.8 Å². The number of fused-ring (bicyclic) bond motifs is 1. The van der Waals surface area contributed by atoms with Crippen LogP contribution in [0, 0.1) is 5.92 Å². The highest BCUT2D eigenvalue weighted by atomic mass is 16.3. The minimum atomic E-state index is -0.754. The minimum Gasteiger partial charge on any atom is -0.467 e. The van der Waals surface area contributed by atoms with Crippen LogP contribution in [0.1, 0.15) is 32.1 Å². The quantitative estimate of drug-likeness (QED) is 0.481. The molecule has 3 amide bonds. The second-order valence-electron chi connectivity index (χ2n) is 8.17. The van der Waals surface area contributed by atoms with Gasteiger partial charge in [-0.2, -0.15) is 0 Å². The van der Waals surface area contributed by atoms with E-state index in [-0.39, 0.29) is 30.7 Å². The number of amides is 3. The Balaban J connectivity index is 1.55. The van der Waals surface area contributed by atoms with Crippen molar-refractivity contribution in [3.8, 4) is 0 Å². The highest BCUT2D eigenvalue weighted by Crippen LogP contribution is 2.16. The van der Waals surface area contributed by atoms with E-state index in [1.165, 1.54) is 6.26 Å². The first-order valence-corrected chi connectivity index (χ1v) is 10.7. The molecule has 0 fully saturated rings. The maximum atomic E-state index is 12.8. The monoisotopic (exact) mass is 435 g/mol. The molecule has 0 spiro atoms. The van der Waals surface area contributed by atoms with E-state index in [4.69, 9.17) is 4.42 Å². The molecule has 1 aromatic heterocycles. The van der Waals surface area contributed by atoms with Crippen LogP contribution >= 0.6 is 0 Å². The largest absolute Gasteiger partial charge is 0.467 e. The van der Waals surface area contributed by atoms with Crippen molar-refractivity contribution >= 4 is 28.5 Å². The Hall–Kier alpha value is -3.61. The maximum absolute atomic E-state index is 12.8. The van der Waals surface area contributed by atoms with Crippen LogP contribution < -0.4 is 16.0 Å². The summed E-state index contributed by atoms with van der Waals surface area (Å²) in [4.78, 5) is 37.7. The molecule has 0 saturated carbocycles. The molecule has 32 heavy (non-hydrogen) atoms. The van der Waals surface area contributed by atoms with Gasteiger partial charge in [-0.25, -0.2) is 0 Å². The van der Waals surface area contributed by atoms with E-state index < -0.39 is 18.0 Å². The molecule has 0 saturated heterocycles. The first-order valence-electron chi connectivity index (χ1n) is 10.7. The molecule has 0 aliphatic carbocycles. The lowest BCUT2D eigenvalue weighted by molar-refractivity contribution is -0.132. The molecule has 0 bridgehead atoms. The number of rotatable bonds is 9. The van der Waals surface area contributed by atoms with Crippen LogP contribution in [0.5, 0.6) is 0 Å². The minimum absolute atomic E-state index is 0.145. The molecule has 2 unspecified atom stereocenters. The van der Waals surface area contributed by atoms with Gasteiger partial charge < -0.3 is 20.4 Å². The number of hydrogen-bond donors (Lipinski definition) is 3. The zero-order valence-electron chi connectivity index (χ0n) is 18.6. The van der Waals surface area contributed by atoms with Gasteiger partial charge in [-0.15, -0.1) is 0 Å². The van der Waals surface area contributed by atoms with Gasteiger partial charge in [0.15, 0.2) is 0 Å². The smallest absolute Gasteiger partial charge is 0.243 e. The van der Waals surface area contributed by atoms with E-state index >= 15 is 0 Å². The molecule has 1 heterocycles. The van der Waals surface area contributed by atoms with Crippen molar-refractivity contribution in [2.75, 3.05) is 0 Å². The van der Waals surface area contributed by atoms with Crippen molar-refractivity contribution < 1.29 is 18.8 Å². The van der Waals surface area contributed by atoms with Crippen LogP contribution in [0.4, 0.5) is 0 Å². The Morgan fingerprint density at radius 2 is 1.62 bits per heavy atom. The summed E-state index contributed by atoms with van der Waals surface area (Å²) in [5.41, 5.74) is 0.870. The van der Waals surface area contributed by atoms with E-state index in [0.717, 1.165) is 16.3 Å². The maximum Gasteiger partial charge on any atom is 0.243 e. The normalized spacial score (nSPS) is 12.9. The predicted octanol–water partition coefficient (Wildman–Crippen LogP) is 2.94. The van der Waals surface area contributed by atoms with Gasteiger partial charge in [-0.3, -0.25) is 14.4 Å². The van der Waals surface area contributed by atoms with Crippen LogP contribution in [0.2, 0.25) is 0 Å². The molecule has 3 aromatic rings. The van der Waals surface area contributed by atoms with Crippen molar-refractivity contribution in [3.05, 3.63) is 72.2 Å². The summed E-state index contributed by atoms with van der Waals surface area (Å²) < 4.78 is 5.18. The fourth-order valence-corrected chi connectivity index (χ4v) is 3.40. The summed E-state index contributed by atoms with van der Waals surface area (Å²) in [5, 5.41) is 10.4. The molecule has 0 aliphatic heterocycles. The van der Waals surface area contributed by atoms with Gasteiger partial charge in [0.1, 0.15) is 17.8 Å². The number of carbonyl (C=O) groups excluding carboxylic acids is 3. The van der Waals surface area contributed by atoms with E-state index in [0.29, 0.717) is 5.76 Å². The lowest BCUT2D eigenvalue weighted by atomic mass is 10.0. The highest BCUT2D eigenvalue weighted by molar-refractivity contribution is 5.92. The van der Waals surface area contributed by atoms with Crippen molar-refractivity contribution in [1.82, 2.24) is 16.0 Å². The Labute approximate surface area is 187 Å². The molecular weight excluding hydrogens is 406 g/mol. The summed E-state index contributed by atoms with van der Waals surface area (Å²) in [5.74, 6) is -0.497. The van der Waals surface area contributed by atoms with Gasteiger partial charge in [0.2, 0.25) is 17.7 Å². The van der Waals surface area contributed by atoms with Gasteiger partial charge in [0, 0.05) is 0 Å². The average Bonchev–Trinajstić information content (AvgIpc) is 3.29. The molecule has 3 N–H and O–H groups in total. The average molecular weight is 436 g/mol. The Morgan fingerprint density at radius 3 is 2.31 bits per heavy atom. The molecule has 168 valence electrons. The number of furan rings is 1. The molecule has 7 nitrogen and oxygen atoms in total. The molecule has 7 heteroatoms. The number of benzene rings is 2. The van der Waals surface area contributed by atoms with Crippen molar-refractivity contribution in [1.29, 1.82) is 0 Å². The lowest BCUT2D eigenvalue weighted by Crippen LogP contribution is -2.54. The van der Waals surface area contributed by atoms with Crippen molar-refractivity contribution in [2.24, 2.45) is 5.92 Å². The van der Waals surface area contributed by atoms with E-state index in [9.17, 15) is 14.4 Å². The second kappa shape index (κ2) is 10.6. The molecule has 2 aromatic carbocycles. The number of hydrogen-bond acceptors (Lipinski definition) is 4. The molecule has 3 rings (SSSR count). The number of nitrogens with one attached hydrogen (secondary N) is 3. The fourth-order valence-electron chi connectivity index (χ4n) is 3.40. The van der Waals surface area contributed by atoms with Gasteiger partial charge in [0.05, 0.1) is 19.2 Å². The number of carbonyl (C=O) groups is 3. The first-order chi connectivity index (χ1) is 15.3. The standard InChI is InChI=1S/C25H29N3O4/c1-16(2)23(25(31)27-17(3)24(30)26-15-21-9-6-12-32-21)28-22(29)14-18-10-11-19-7-4-5-8-20(19)13-18/h4-13,16-17,23H,14-15H2,1-3H3,(H,26,30)(H,27,31)(H,28,29). The molecule has 0 radical (unpaired) electrons. The third-order valence-corrected chi connectivity index (χ3v) is 5.21. The summed E-state index contributed by atoms with van der Waals surface area (Å²) in [6.07, 6.45) is 1.70. The predicted molar refractivity (Wildman–Crippen MR) is 123 cm³/mol. The SMILES string of the molecule is CC(NC(=O)C(NC(=O)Cc1ccc2ccccc2c1)C(C)C)C(=O)NCc1ccco1. The van der Waals surface area contributed by atoms with E-state index in [2.05, 4.69) is 16.0 Å². The molecule has 0 aliphatic rings. The van der Waals surface area contributed by atoms with Crippen molar-refractivity contribution in [3.63, 3.8) is 0 Å². The molecular formula is C25H29N3O4. The highest BCUT2D eigenvalue weighted by Gasteiger charge is 2.27. The molecule has 2 atom stereocenters. The fraction of sp³-hybridized carbons (Fsp3) is 0.320. The Morgan fingerprint density at radius 1 is 0.875 bits per heavy atom. The van der Waals surface area contributed by atoms with Gasteiger partial charge in [-0.05, 0) is 41.3 Å². The van der Waals surface area contributed by atoms with Gasteiger partial charge in [-0.1, -0.05) is 56.3 Å². The van der Waals surface area contributed by atoms with Crippen LogP contribution in [-0.2, 0) is 27.3 Å². The van der Waals surface area contributed by atoms with Gasteiger partial charge in [0.25, 0.3) is 0 Å². The third kappa shape index (κ3) is 6.20. The lowest BCUT2D eigenvalue weighted by Gasteiger charge is -2.24. The topological polar surface area (TPSA) is 100 Å². The second-order valence-corrected chi connectivity index (χ2v) is 8.17. The Bertz CT molecular complexity index is 1080. The van der Waals surface area contributed by atoms with Crippen LogP contribution in [0.3, 0.4) is 0 Å². The summed E-state index contributed by atoms with van der Waals surface area (Å²) >= 11 is 0. The zero-order valence-corrected chi connectivity index (χ0v) is 18.6. The third-order valence-electron chi connectivity index (χ3n) is 5.21. The van der Waals surface area contributed by atoms with Crippen LogP contribution in [0.25, 0.3) is 10.8 Å². The van der Waals surface area contributed by atoms with E-state index in [1.54, 1.807) is 19.1 Å². The van der Waals surface area contributed by atoms with Crippen molar-refractivity contribution in [2.45, 2.75) is 45.8 Å². The summed E-state index contributed by atoms with van der Waals surface area (Å²) in [6, 6.07) is 15.8. The zero-order chi connectivity index (χ0) is 23.1.